The summed E-state index contributed by atoms with van der Waals surface area (Å²) >= 11 is 0. The maximum atomic E-state index is 11.2. The Bertz CT molecular complexity index is 4350. The Hall–Kier alpha value is -9.90. The zero-order valence-corrected chi connectivity index (χ0v) is 38.0. The summed E-state index contributed by atoms with van der Waals surface area (Å²) in [4.78, 5) is 15.3. The van der Waals surface area contributed by atoms with Crippen molar-refractivity contribution in [3.8, 4) is 73.9 Å². The van der Waals surface area contributed by atoms with Gasteiger partial charge in [-0.2, -0.15) is 5.26 Å². The van der Waals surface area contributed by atoms with Gasteiger partial charge in [0.25, 0.3) is 0 Å². The summed E-state index contributed by atoms with van der Waals surface area (Å²) in [5.74, 6) is 1.56. The Kier molecular flexibility index (Phi) is 9.13. The molecule has 0 aliphatic heterocycles. The second kappa shape index (κ2) is 16.1. The Morgan fingerprint density at radius 2 is 0.859 bits per heavy atom. The summed E-state index contributed by atoms with van der Waals surface area (Å²) < 4.78 is 10.9. The van der Waals surface area contributed by atoms with Crippen molar-refractivity contribution in [1.29, 1.82) is 5.26 Å². The summed E-state index contributed by atoms with van der Waals surface area (Å²) in [6.45, 7) is 0. The monoisotopic (exact) mass is 906 g/mol. The number of hydrogen-bond acceptors (Lipinski definition) is 5. The van der Waals surface area contributed by atoms with Crippen LogP contribution in [0.1, 0.15) is 5.56 Å². The van der Waals surface area contributed by atoms with Crippen molar-refractivity contribution in [1.82, 2.24) is 24.1 Å². The Morgan fingerprint density at radius 1 is 0.352 bits per heavy atom. The fourth-order valence-corrected chi connectivity index (χ4v) is 10.5. The molecule has 4 heterocycles. The molecule has 14 rings (SSSR count). The van der Waals surface area contributed by atoms with Crippen molar-refractivity contribution < 1.29 is 4.42 Å². The quantitative estimate of drug-likeness (QED) is 0.159. The molecule has 0 saturated carbocycles. The van der Waals surface area contributed by atoms with Gasteiger partial charge >= 0.3 is 0 Å². The summed E-state index contributed by atoms with van der Waals surface area (Å²) in [6, 6.07) is 82.1. The molecule has 0 aliphatic carbocycles. The van der Waals surface area contributed by atoms with Gasteiger partial charge in [0.1, 0.15) is 17.2 Å². The normalized spacial score (nSPS) is 11.6. The van der Waals surface area contributed by atoms with Crippen LogP contribution in [0, 0.1) is 11.3 Å². The number of rotatable bonds is 7. The van der Waals surface area contributed by atoms with E-state index in [9.17, 15) is 5.26 Å². The van der Waals surface area contributed by atoms with E-state index in [1.807, 2.05) is 66.7 Å². The van der Waals surface area contributed by atoms with Gasteiger partial charge in [-0.25, -0.2) is 15.0 Å². The highest BCUT2D eigenvalue weighted by molar-refractivity contribution is 6.26. The lowest BCUT2D eigenvalue weighted by Crippen LogP contribution is -2.02. The van der Waals surface area contributed by atoms with E-state index in [0.717, 1.165) is 110 Å². The van der Waals surface area contributed by atoms with Gasteiger partial charge in [0.15, 0.2) is 17.5 Å². The summed E-state index contributed by atoms with van der Waals surface area (Å²) in [5.41, 5.74) is 15.1. The summed E-state index contributed by atoms with van der Waals surface area (Å²) in [7, 11) is 0. The van der Waals surface area contributed by atoms with Crippen molar-refractivity contribution in [3.63, 3.8) is 0 Å². The fourth-order valence-electron chi connectivity index (χ4n) is 10.5. The number of aromatic nitrogens is 5. The lowest BCUT2D eigenvalue weighted by molar-refractivity contribution is 0.669. The highest BCUT2D eigenvalue weighted by atomic mass is 16.3. The van der Waals surface area contributed by atoms with Crippen LogP contribution in [-0.4, -0.2) is 24.1 Å². The second-order valence-corrected chi connectivity index (χ2v) is 17.9. The van der Waals surface area contributed by atoms with Gasteiger partial charge in [0.2, 0.25) is 0 Å². The highest BCUT2D eigenvalue weighted by Gasteiger charge is 2.23. The Labute approximate surface area is 407 Å². The minimum atomic E-state index is 0.474. The summed E-state index contributed by atoms with van der Waals surface area (Å²) in [5, 5.41) is 17.8. The standard InChI is InChI=1S/C64H38N6O/c65-39-47-37-46(64-67-62(44-27-23-42(24-28-44)40-13-3-1-4-14-40)66-63(68-64)45-29-25-43(26-30-45)41-15-5-2-6-16-41)31-34-54(47)70-55-20-10-7-17-49(55)51-33-35-57-60(61(51)70)52-19-8-11-21-56(52)69(57)48-32-36-59-53(38-48)50-18-9-12-22-58(50)71-59/h1-38H. The Morgan fingerprint density at radius 3 is 1.51 bits per heavy atom. The number of nitrogens with zero attached hydrogens (tertiary/aromatic N) is 6. The molecule has 0 fully saturated rings. The molecule has 0 saturated heterocycles. The van der Waals surface area contributed by atoms with E-state index >= 15 is 0 Å². The maximum absolute atomic E-state index is 11.2. The van der Waals surface area contributed by atoms with E-state index < -0.39 is 0 Å². The average molecular weight is 907 g/mol. The van der Waals surface area contributed by atoms with Gasteiger partial charge in [-0.05, 0) is 82.9 Å². The van der Waals surface area contributed by atoms with Gasteiger partial charge in [-0.3, -0.25) is 0 Å². The molecule has 0 spiro atoms. The second-order valence-electron chi connectivity index (χ2n) is 17.9. The molecule has 330 valence electrons. The van der Waals surface area contributed by atoms with Crippen LogP contribution in [0.5, 0.6) is 0 Å². The number of benzene rings is 10. The molecule has 10 aromatic carbocycles. The van der Waals surface area contributed by atoms with Crippen molar-refractivity contribution in [2.45, 2.75) is 0 Å². The van der Waals surface area contributed by atoms with Crippen LogP contribution in [0.3, 0.4) is 0 Å². The SMILES string of the molecule is N#Cc1cc(-c2nc(-c3ccc(-c4ccccc4)cc3)nc(-c3ccc(-c4ccccc4)cc3)n2)ccc1-n1c2ccccc2c2ccc3c(c4ccccc4n3-c3ccc4oc5ccccc5c4c3)c21. The lowest BCUT2D eigenvalue weighted by Gasteiger charge is -2.13. The number of fused-ring (bicyclic) bond motifs is 10. The largest absolute Gasteiger partial charge is 0.456 e. The third-order valence-electron chi connectivity index (χ3n) is 13.8. The van der Waals surface area contributed by atoms with Crippen molar-refractivity contribution >= 4 is 65.6 Å². The van der Waals surface area contributed by atoms with E-state index in [2.05, 4.69) is 179 Å². The summed E-state index contributed by atoms with van der Waals surface area (Å²) in [6.07, 6.45) is 0. The molecular formula is C64H38N6O. The lowest BCUT2D eigenvalue weighted by atomic mass is 10.0. The van der Waals surface area contributed by atoms with E-state index in [0.29, 0.717) is 28.6 Å². The molecule has 7 heteroatoms. The zero-order chi connectivity index (χ0) is 47.0. The molecule has 0 unspecified atom stereocenters. The van der Waals surface area contributed by atoms with Crippen LogP contribution in [0.4, 0.5) is 0 Å². The minimum absolute atomic E-state index is 0.474. The van der Waals surface area contributed by atoms with Crippen molar-refractivity contribution in [2.24, 2.45) is 0 Å². The molecule has 0 N–H and O–H groups in total. The van der Waals surface area contributed by atoms with Crippen molar-refractivity contribution in [2.75, 3.05) is 0 Å². The number of nitriles is 1. The smallest absolute Gasteiger partial charge is 0.164 e. The minimum Gasteiger partial charge on any atom is -0.456 e. The van der Waals surface area contributed by atoms with Gasteiger partial charge in [0.05, 0.1) is 33.3 Å². The fraction of sp³-hybridized carbons (Fsp3) is 0. The van der Waals surface area contributed by atoms with Crippen LogP contribution in [0.25, 0.3) is 133 Å². The van der Waals surface area contributed by atoms with Crippen LogP contribution in [0.15, 0.2) is 235 Å². The van der Waals surface area contributed by atoms with E-state index in [4.69, 9.17) is 19.4 Å². The van der Waals surface area contributed by atoms with Crippen LogP contribution < -0.4 is 0 Å². The van der Waals surface area contributed by atoms with Crippen molar-refractivity contribution in [3.05, 3.63) is 236 Å². The number of furan rings is 1. The van der Waals surface area contributed by atoms with Gasteiger partial charge < -0.3 is 13.6 Å². The molecule has 0 radical (unpaired) electrons. The first-order chi connectivity index (χ1) is 35.1. The Balaban J connectivity index is 0.947. The molecule has 71 heavy (non-hydrogen) atoms. The molecule has 14 aromatic rings. The molecule has 7 nitrogen and oxygen atoms in total. The van der Waals surface area contributed by atoms with Crippen LogP contribution in [0.2, 0.25) is 0 Å². The average Bonchev–Trinajstić information content (AvgIpc) is 4.11. The number of para-hydroxylation sites is 3. The van der Waals surface area contributed by atoms with Crippen LogP contribution >= 0.6 is 0 Å². The predicted octanol–water partition coefficient (Wildman–Crippen LogP) is 16.2. The van der Waals surface area contributed by atoms with E-state index in [1.165, 1.54) is 0 Å². The van der Waals surface area contributed by atoms with Gasteiger partial charge in [-0.15, -0.1) is 0 Å². The molecule has 0 bridgehead atoms. The van der Waals surface area contributed by atoms with Gasteiger partial charge in [0, 0.05) is 54.7 Å². The molecule has 0 amide bonds. The first-order valence-electron chi connectivity index (χ1n) is 23.6. The molecule has 0 atom stereocenters. The van der Waals surface area contributed by atoms with E-state index in [1.54, 1.807) is 0 Å². The topological polar surface area (TPSA) is 85.5 Å². The molecular weight excluding hydrogens is 869 g/mol. The molecule has 0 aliphatic rings. The maximum Gasteiger partial charge on any atom is 0.164 e. The third kappa shape index (κ3) is 6.54. The first-order valence-corrected chi connectivity index (χ1v) is 23.6. The first kappa shape index (κ1) is 40.2. The van der Waals surface area contributed by atoms with E-state index in [-0.39, 0.29) is 0 Å². The molecule has 4 aromatic heterocycles. The van der Waals surface area contributed by atoms with Crippen LogP contribution in [-0.2, 0) is 0 Å². The van der Waals surface area contributed by atoms with Gasteiger partial charge in [-0.1, -0.05) is 170 Å². The highest BCUT2D eigenvalue weighted by Crippen LogP contribution is 2.43. The number of hydrogen-bond donors (Lipinski definition) is 0. The zero-order valence-electron chi connectivity index (χ0n) is 38.0. The predicted molar refractivity (Wildman–Crippen MR) is 288 cm³/mol. The third-order valence-corrected chi connectivity index (χ3v) is 13.8.